The number of amides is 1. The van der Waals surface area contributed by atoms with Gasteiger partial charge in [-0.2, -0.15) is 0 Å². The summed E-state index contributed by atoms with van der Waals surface area (Å²) in [5, 5.41) is 3.03. The zero-order valence-corrected chi connectivity index (χ0v) is 15.3. The van der Waals surface area contributed by atoms with Crippen LogP contribution in [0.1, 0.15) is 49.4 Å². The van der Waals surface area contributed by atoms with Crippen LogP contribution in [0, 0.1) is 19.7 Å². The first kappa shape index (κ1) is 19.0. The van der Waals surface area contributed by atoms with Gasteiger partial charge in [-0.1, -0.05) is 44.2 Å². The Labute approximate surface area is 149 Å². The molecule has 0 spiro atoms. The molecule has 1 amide bonds. The molecule has 0 saturated carbocycles. The SMILES string of the molecule is CCC(Oc1ccccc1F)C(=O)NC(CC)c1ccc(C)c(C)c1. The van der Waals surface area contributed by atoms with E-state index >= 15 is 0 Å². The fourth-order valence-electron chi connectivity index (χ4n) is 2.68. The monoisotopic (exact) mass is 343 g/mol. The number of rotatable bonds is 7. The number of ether oxygens (including phenoxy) is 1. The number of halogens is 1. The molecule has 4 heteroatoms. The number of benzene rings is 2. The molecule has 0 aliphatic rings. The van der Waals surface area contributed by atoms with Crippen LogP contribution in [-0.4, -0.2) is 12.0 Å². The van der Waals surface area contributed by atoms with E-state index in [4.69, 9.17) is 4.74 Å². The van der Waals surface area contributed by atoms with Gasteiger partial charge < -0.3 is 10.1 Å². The number of carbonyl (C=O) groups excluding carboxylic acids is 1. The first-order valence-electron chi connectivity index (χ1n) is 8.75. The summed E-state index contributed by atoms with van der Waals surface area (Å²) in [7, 11) is 0. The van der Waals surface area contributed by atoms with E-state index in [1.807, 2.05) is 19.9 Å². The minimum absolute atomic E-state index is 0.0925. The van der Waals surface area contributed by atoms with Gasteiger partial charge in [-0.3, -0.25) is 4.79 Å². The van der Waals surface area contributed by atoms with Crippen molar-refractivity contribution in [3.63, 3.8) is 0 Å². The quantitative estimate of drug-likeness (QED) is 0.779. The van der Waals surface area contributed by atoms with Gasteiger partial charge in [0.1, 0.15) is 0 Å². The van der Waals surface area contributed by atoms with Crippen LogP contribution in [0.4, 0.5) is 4.39 Å². The molecule has 0 radical (unpaired) electrons. The van der Waals surface area contributed by atoms with Gasteiger partial charge in [0, 0.05) is 0 Å². The summed E-state index contributed by atoms with van der Waals surface area (Å²) in [6, 6.07) is 12.2. The molecule has 0 saturated heterocycles. The zero-order valence-electron chi connectivity index (χ0n) is 15.3. The Hall–Kier alpha value is -2.36. The zero-order chi connectivity index (χ0) is 18.4. The molecule has 2 aromatic rings. The number of para-hydroxylation sites is 1. The van der Waals surface area contributed by atoms with E-state index in [0.717, 1.165) is 12.0 Å². The average molecular weight is 343 g/mol. The summed E-state index contributed by atoms with van der Waals surface area (Å²) >= 11 is 0. The highest BCUT2D eigenvalue weighted by Gasteiger charge is 2.23. The van der Waals surface area contributed by atoms with E-state index in [9.17, 15) is 9.18 Å². The third kappa shape index (κ3) is 4.81. The minimum Gasteiger partial charge on any atom is -0.478 e. The van der Waals surface area contributed by atoms with Gasteiger partial charge in [-0.15, -0.1) is 0 Å². The molecule has 0 fully saturated rings. The van der Waals surface area contributed by atoms with Crippen LogP contribution in [0.25, 0.3) is 0 Å². The molecule has 0 bridgehead atoms. The van der Waals surface area contributed by atoms with Crippen molar-refractivity contribution in [2.24, 2.45) is 0 Å². The molecular formula is C21H26FNO2. The summed E-state index contributed by atoms with van der Waals surface area (Å²) in [6.45, 7) is 8.00. The van der Waals surface area contributed by atoms with Gasteiger partial charge in [-0.25, -0.2) is 4.39 Å². The lowest BCUT2D eigenvalue weighted by Gasteiger charge is -2.23. The molecule has 2 atom stereocenters. The predicted octanol–water partition coefficient (Wildman–Crippen LogP) is 4.87. The Balaban J connectivity index is 2.11. The van der Waals surface area contributed by atoms with E-state index in [1.54, 1.807) is 12.1 Å². The fourth-order valence-corrected chi connectivity index (χ4v) is 2.68. The maximum Gasteiger partial charge on any atom is 0.261 e. The number of hydrogen-bond acceptors (Lipinski definition) is 2. The second-order valence-electron chi connectivity index (χ2n) is 6.26. The van der Waals surface area contributed by atoms with E-state index in [0.29, 0.717) is 6.42 Å². The highest BCUT2D eigenvalue weighted by atomic mass is 19.1. The van der Waals surface area contributed by atoms with E-state index in [1.165, 1.54) is 23.3 Å². The molecule has 0 aromatic heterocycles. The third-order valence-corrected chi connectivity index (χ3v) is 4.43. The van der Waals surface area contributed by atoms with Crippen LogP contribution in [0.2, 0.25) is 0 Å². The number of nitrogens with one attached hydrogen (secondary N) is 1. The van der Waals surface area contributed by atoms with Crippen molar-refractivity contribution in [2.45, 2.75) is 52.7 Å². The van der Waals surface area contributed by atoms with Crippen LogP contribution in [0.5, 0.6) is 5.75 Å². The number of carbonyl (C=O) groups is 1. The van der Waals surface area contributed by atoms with Crippen LogP contribution in [-0.2, 0) is 4.79 Å². The number of hydrogen-bond donors (Lipinski definition) is 1. The van der Waals surface area contributed by atoms with Gasteiger partial charge >= 0.3 is 0 Å². The maximum absolute atomic E-state index is 13.8. The number of aryl methyl sites for hydroxylation is 2. The molecule has 1 N–H and O–H groups in total. The van der Waals surface area contributed by atoms with Gasteiger partial charge in [0.15, 0.2) is 17.7 Å². The van der Waals surface area contributed by atoms with Crippen LogP contribution in [0.15, 0.2) is 42.5 Å². The van der Waals surface area contributed by atoms with Gasteiger partial charge in [0.05, 0.1) is 6.04 Å². The predicted molar refractivity (Wildman–Crippen MR) is 98.2 cm³/mol. The van der Waals surface area contributed by atoms with Crippen LogP contribution < -0.4 is 10.1 Å². The van der Waals surface area contributed by atoms with Gasteiger partial charge in [0.25, 0.3) is 5.91 Å². The van der Waals surface area contributed by atoms with E-state index < -0.39 is 11.9 Å². The molecule has 0 aliphatic heterocycles. The van der Waals surface area contributed by atoms with Crippen molar-refractivity contribution < 1.29 is 13.9 Å². The van der Waals surface area contributed by atoms with Crippen molar-refractivity contribution >= 4 is 5.91 Å². The van der Waals surface area contributed by atoms with Crippen molar-refractivity contribution in [1.82, 2.24) is 5.32 Å². The second kappa shape index (κ2) is 8.65. The molecule has 3 nitrogen and oxygen atoms in total. The van der Waals surface area contributed by atoms with Crippen molar-refractivity contribution in [2.75, 3.05) is 0 Å². The Morgan fingerprint density at radius 3 is 2.40 bits per heavy atom. The lowest BCUT2D eigenvalue weighted by Crippen LogP contribution is -2.40. The summed E-state index contributed by atoms with van der Waals surface area (Å²) in [6.07, 6.45) is 0.506. The Kier molecular flexibility index (Phi) is 6.57. The summed E-state index contributed by atoms with van der Waals surface area (Å²) < 4.78 is 19.4. The molecule has 25 heavy (non-hydrogen) atoms. The second-order valence-corrected chi connectivity index (χ2v) is 6.26. The smallest absolute Gasteiger partial charge is 0.261 e. The first-order valence-corrected chi connectivity index (χ1v) is 8.75. The molecular weight excluding hydrogens is 317 g/mol. The Morgan fingerprint density at radius 2 is 1.80 bits per heavy atom. The average Bonchev–Trinajstić information content (AvgIpc) is 2.61. The fraction of sp³-hybridized carbons (Fsp3) is 0.381. The molecule has 134 valence electrons. The Bertz CT molecular complexity index is 730. The normalized spacial score (nSPS) is 13.2. The van der Waals surface area contributed by atoms with Crippen LogP contribution >= 0.6 is 0 Å². The molecule has 0 aliphatic carbocycles. The standard InChI is InChI=1S/C21H26FNO2/c1-5-18(16-12-11-14(3)15(4)13-16)23-21(24)19(6-2)25-20-10-8-7-9-17(20)22/h7-13,18-19H,5-6H2,1-4H3,(H,23,24). The summed E-state index contributed by atoms with van der Waals surface area (Å²) in [5.41, 5.74) is 3.48. The summed E-state index contributed by atoms with van der Waals surface area (Å²) in [5.74, 6) is -0.588. The maximum atomic E-state index is 13.8. The highest BCUT2D eigenvalue weighted by molar-refractivity contribution is 5.81. The molecule has 2 unspecified atom stereocenters. The van der Waals surface area contributed by atoms with E-state index in [-0.39, 0.29) is 17.7 Å². The molecule has 2 aromatic carbocycles. The topological polar surface area (TPSA) is 38.3 Å². The highest BCUT2D eigenvalue weighted by Crippen LogP contribution is 2.22. The summed E-state index contributed by atoms with van der Waals surface area (Å²) in [4.78, 5) is 12.6. The van der Waals surface area contributed by atoms with Gasteiger partial charge in [0.2, 0.25) is 0 Å². The Morgan fingerprint density at radius 1 is 1.08 bits per heavy atom. The third-order valence-electron chi connectivity index (χ3n) is 4.43. The van der Waals surface area contributed by atoms with Crippen LogP contribution in [0.3, 0.4) is 0 Å². The van der Waals surface area contributed by atoms with Gasteiger partial charge in [-0.05, 0) is 55.5 Å². The lowest BCUT2D eigenvalue weighted by molar-refractivity contribution is -0.129. The largest absolute Gasteiger partial charge is 0.478 e. The molecule has 0 heterocycles. The first-order chi connectivity index (χ1) is 12.0. The molecule has 2 rings (SSSR count). The minimum atomic E-state index is -0.725. The van der Waals surface area contributed by atoms with Crippen molar-refractivity contribution in [1.29, 1.82) is 0 Å². The lowest BCUT2D eigenvalue weighted by atomic mass is 9.99. The van der Waals surface area contributed by atoms with Crippen molar-refractivity contribution in [3.8, 4) is 5.75 Å². The van der Waals surface area contributed by atoms with Crippen molar-refractivity contribution in [3.05, 3.63) is 65.0 Å². The van der Waals surface area contributed by atoms with E-state index in [2.05, 4.69) is 31.3 Å².